The molecule has 0 amide bonds. The highest BCUT2D eigenvalue weighted by molar-refractivity contribution is 5.69. The zero-order valence-corrected chi connectivity index (χ0v) is 8.19. The number of hydrogen-bond acceptors (Lipinski definition) is 5. The summed E-state index contributed by atoms with van der Waals surface area (Å²) in [6.07, 6.45) is 0.199. The molecule has 0 bridgehead atoms. The van der Waals surface area contributed by atoms with Crippen LogP contribution in [0.2, 0.25) is 0 Å². The van der Waals surface area contributed by atoms with Crippen LogP contribution in [0.15, 0.2) is 0 Å². The molecule has 14 heavy (non-hydrogen) atoms. The molecule has 0 aromatic rings. The van der Waals surface area contributed by atoms with Crippen LogP contribution in [0.3, 0.4) is 0 Å². The number of carboxylic acid groups (broad SMARTS) is 1. The molecule has 0 aliphatic heterocycles. The molecule has 1 atom stereocenters. The van der Waals surface area contributed by atoms with Crippen molar-refractivity contribution in [3.05, 3.63) is 0 Å². The number of aliphatic carboxylic acids is 1. The number of aliphatic hydroxyl groups excluding tert-OH is 1. The molecule has 0 saturated heterocycles. The van der Waals surface area contributed by atoms with Crippen molar-refractivity contribution in [1.82, 2.24) is 0 Å². The van der Waals surface area contributed by atoms with Crippen molar-refractivity contribution in [1.29, 1.82) is 0 Å². The van der Waals surface area contributed by atoms with Gasteiger partial charge in [-0.1, -0.05) is 6.92 Å². The first kappa shape index (κ1) is 12.9. The molecular weight excluding hydrogens is 188 g/mol. The van der Waals surface area contributed by atoms with Gasteiger partial charge in [-0.3, -0.25) is 4.79 Å². The normalized spacial score (nSPS) is 12.1. The zero-order valence-electron chi connectivity index (χ0n) is 8.19. The summed E-state index contributed by atoms with van der Waals surface area (Å²) in [5, 5.41) is 18.9. The summed E-state index contributed by atoms with van der Waals surface area (Å²) in [6, 6.07) is 0. The minimum atomic E-state index is -1.12. The van der Waals surface area contributed by atoms with Gasteiger partial charge in [0.2, 0.25) is 0 Å². The Bertz CT molecular complexity index is 190. The SMILES string of the molecule is CCC(O)OC(=O)CCCCC(=O)[O-]. The number of unbranched alkanes of at least 4 members (excludes halogenated alkanes) is 1. The maximum Gasteiger partial charge on any atom is 0.308 e. The van der Waals surface area contributed by atoms with E-state index >= 15 is 0 Å². The Morgan fingerprint density at radius 3 is 2.43 bits per heavy atom. The lowest BCUT2D eigenvalue weighted by atomic mass is 10.2. The van der Waals surface area contributed by atoms with Crippen LogP contribution in [0, 0.1) is 0 Å². The highest BCUT2D eigenvalue weighted by Gasteiger charge is 2.07. The van der Waals surface area contributed by atoms with Crippen LogP contribution in [0.5, 0.6) is 0 Å². The highest BCUT2D eigenvalue weighted by Crippen LogP contribution is 2.03. The fourth-order valence-electron chi connectivity index (χ4n) is 0.833. The first-order chi connectivity index (χ1) is 6.56. The van der Waals surface area contributed by atoms with Gasteiger partial charge < -0.3 is 19.7 Å². The van der Waals surface area contributed by atoms with Crippen molar-refractivity contribution in [3.63, 3.8) is 0 Å². The van der Waals surface area contributed by atoms with E-state index in [2.05, 4.69) is 4.74 Å². The quantitative estimate of drug-likeness (QED) is 0.344. The van der Waals surface area contributed by atoms with E-state index in [0.717, 1.165) is 0 Å². The lowest BCUT2D eigenvalue weighted by Gasteiger charge is -2.09. The van der Waals surface area contributed by atoms with E-state index in [1.807, 2.05) is 0 Å². The fourth-order valence-corrected chi connectivity index (χ4v) is 0.833. The summed E-state index contributed by atoms with van der Waals surface area (Å²) in [5.74, 6) is -1.62. The molecule has 5 heteroatoms. The van der Waals surface area contributed by atoms with Gasteiger partial charge in [-0.15, -0.1) is 0 Å². The van der Waals surface area contributed by atoms with Crippen LogP contribution in [-0.2, 0) is 14.3 Å². The summed E-state index contributed by atoms with van der Waals surface area (Å²) in [5.41, 5.74) is 0. The third-order valence-electron chi connectivity index (χ3n) is 1.63. The number of ether oxygens (including phenoxy) is 1. The largest absolute Gasteiger partial charge is 0.550 e. The van der Waals surface area contributed by atoms with E-state index in [1.165, 1.54) is 0 Å². The van der Waals surface area contributed by atoms with Gasteiger partial charge in [-0.2, -0.15) is 0 Å². The van der Waals surface area contributed by atoms with E-state index in [0.29, 0.717) is 19.3 Å². The molecule has 0 spiro atoms. The molecule has 0 saturated carbocycles. The monoisotopic (exact) mass is 203 g/mol. The minimum Gasteiger partial charge on any atom is -0.550 e. The van der Waals surface area contributed by atoms with Gasteiger partial charge in [0.1, 0.15) is 0 Å². The van der Waals surface area contributed by atoms with Crippen LogP contribution in [0.4, 0.5) is 0 Å². The van der Waals surface area contributed by atoms with Crippen LogP contribution in [-0.4, -0.2) is 23.3 Å². The Morgan fingerprint density at radius 1 is 1.36 bits per heavy atom. The number of esters is 1. The van der Waals surface area contributed by atoms with Crippen LogP contribution in [0.25, 0.3) is 0 Å². The molecule has 1 N–H and O–H groups in total. The van der Waals surface area contributed by atoms with Crippen LogP contribution < -0.4 is 5.11 Å². The molecule has 0 aromatic heterocycles. The number of rotatable bonds is 7. The lowest BCUT2D eigenvalue weighted by molar-refractivity contribution is -0.305. The zero-order chi connectivity index (χ0) is 11.0. The molecule has 0 heterocycles. The second-order valence-electron chi connectivity index (χ2n) is 2.93. The Morgan fingerprint density at radius 2 is 1.93 bits per heavy atom. The van der Waals surface area contributed by atoms with Crippen molar-refractivity contribution in [3.8, 4) is 0 Å². The molecule has 0 aliphatic rings. The van der Waals surface area contributed by atoms with Gasteiger partial charge in [0.25, 0.3) is 0 Å². The average Bonchev–Trinajstić information content (AvgIpc) is 2.12. The van der Waals surface area contributed by atoms with E-state index < -0.39 is 18.2 Å². The highest BCUT2D eigenvalue weighted by atomic mass is 16.6. The number of aliphatic hydroxyl groups is 1. The number of carboxylic acids is 1. The minimum absolute atomic E-state index is 0.0520. The van der Waals surface area contributed by atoms with Crippen molar-refractivity contribution in [2.75, 3.05) is 0 Å². The van der Waals surface area contributed by atoms with Gasteiger partial charge in [0, 0.05) is 18.8 Å². The smallest absolute Gasteiger partial charge is 0.308 e. The third-order valence-corrected chi connectivity index (χ3v) is 1.63. The van der Waals surface area contributed by atoms with E-state index in [1.54, 1.807) is 6.92 Å². The first-order valence-corrected chi connectivity index (χ1v) is 4.63. The molecular formula is C9H15O5-. The summed E-state index contributed by atoms with van der Waals surface area (Å²) >= 11 is 0. The van der Waals surface area contributed by atoms with Crippen molar-refractivity contribution in [2.45, 2.75) is 45.3 Å². The molecule has 82 valence electrons. The van der Waals surface area contributed by atoms with Gasteiger partial charge >= 0.3 is 5.97 Å². The molecule has 1 unspecified atom stereocenters. The van der Waals surface area contributed by atoms with Crippen molar-refractivity contribution in [2.24, 2.45) is 0 Å². The topological polar surface area (TPSA) is 86.7 Å². The van der Waals surface area contributed by atoms with Gasteiger partial charge in [-0.25, -0.2) is 0 Å². The van der Waals surface area contributed by atoms with Crippen LogP contribution in [0.1, 0.15) is 39.0 Å². The van der Waals surface area contributed by atoms with Gasteiger partial charge in [0.05, 0.1) is 0 Å². The summed E-state index contributed by atoms with van der Waals surface area (Å²) in [6.45, 7) is 1.69. The maximum atomic E-state index is 10.9. The predicted octanol–water partition coefficient (Wildman–Crippen LogP) is -0.432. The second-order valence-corrected chi connectivity index (χ2v) is 2.93. The molecule has 0 aromatic carbocycles. The van der Waals surface area contributed by atoms with E-state index in [9.17, 15) is 14.7 Å². The van der Waals surface area contributed by atoms with Gasteiger partial charge in [0.15, 0.2) is 6.29 Å². The number of hydrogen-bond donors (Lipinski definition) is 1. The lowest BCUT2D eigenvalue weighted by Crippen LogP contribution is -2.21. The fraction of sp³-hybridized carbons (Fsp3) is 0.778. The molecule has 0 fully saturated rings. The van der Waals surface area contributed by atoms with Gasteiger partial charge in [-0.05, 0) is 19.3 Å². The number of carbonyl (C=O) groups excluding carboxylic acids is 2. The molecule has 0 aliphatic carbocycles. The average molecular weight is 203 g/mol. The van der Waals surface area contributed by atoms with E-state index in [-0.39, 0.29) is 12.8 Å². The van der Waals surface area contributed by atoms with Crippen molar-refractivity contribution < 1.29 is 24.5 Å². The Balaban J connectivity index is 3.40. The second kappa shape index (κ2) is 7.32. The summed E-state index contributed by atoms with van der Waals surface area (Å²) < 4.78 is 4.56. The van der Waals surface area contributed by atoms with Crippen LogP contribution >= 0.6 is 0 Å². The summed E-state index contributed by atoms with van der Waals surface area (Å²) in [7, 11) is 0. The maximum absolute atomic E-state index is 10.9. The summed E-state index contributed by atoms with van der Waals surface area (Å²) in [4.78, 5) is 20.9. The Hall–Kier alpha value is -1.10. The molecule has 5 nitrogen and oxygen atoms in total. The third kappa shape index (κ3) is 7.54. The van der Waals surface area contributed by atoms with E-state index in [4.69, 9.17) is 5.11 Å². The predicted molar refractivity (Wildman–Crippen MR) is 45.9 cm³/mol. The van der Waals surface area contributed by atoms with Crippen molar-refractivity contribution >= 4 is 11.9 Å². The standard InChI is InChI=1S/C9H16O5/c1-2-8(12)14-9(13)6-4-3-5-7(10)11/h8,12H,2-6H2,1H3,(H,10,11)/p-1. The first-order valence-electron chi connectivity index (χ1n) is 4.63. The Labute approximate surface area is 82.7 Å². The Kier molecular flexibility index (Phi) is 6.74. The molecule has 0 rings (SSSR count). The number of carbonyl (C=O) groups is 2. The molecule has 0 radical (unpaired) electrons.